The van der Waals surface area contributed by atoms with Crippen LogP contribution in [0.1, 0.15) is 37.3 Å². The van der Waals surface area contributed by atoms with Crippen molar-refractivity contribution in [3.63, 3.8) is 0 Å². The minimum atomic E-state index is 0.170. The Hall–Kier alpha value is -2.14. The molecular weight excluding hydrogens is 300 g/mol. The molecule has 24 heavy (non-hydrogen) atoms. The fourth-order valence-corrected chi connectivity index (χ4v) is 3.18. The molecule has 1 atom stereocenters. The number of aryl methyl sites for hydroxylation is 1. The number of nitrogens with one attached hydrogen (secondary N) is 1. The lowest BCUT2D eigenvalue weighted by molar-refractivity contribution is 0.239. The fourth-order valence-electron chi connectivity index (χ4n) is 3.18. The van der Waals surface area contributed by atoms with Crippen molar-refractivity contribution < 1.29 is 5.11 Å². The number of benzene rings is 1. The van der Waals surface area contributed by atoms with Gasteiger partial charge < -0.3 is 15.3 Å². The molecule has 1 aromatic heterocycles. The third-order valence-electron chi connectivity index (χ3n) is 4.69. The zero-order valence-corrected chi connectivity index (χ0v) is 14.3. The Bertz CT molecular complexity index is 644. The van der Waals surface area contributed by atoms with Gasteiger partial charge in [-0.2, -0.15) is 0 Å². The first kappa shape index (κ1) is 16.7. The molecule has 0 amide bonds. The van der Waals surface area contributed by atoms with Gasteiger partial charge in [-0.15, -0.1) is 0 Å². The molecule has 1 unspecified atom stereocenters. The topological polar surface area (TPSA) is 61.3 Å². The quantitative estimate of drug-likeness (QED) is 0.854. The molecule has 0 bridgehead atoms. The van der Waals surface area contributed by atoms with Crippen LogP contribution in [0.2, 0.25) is 0 Å². The summed E-state index contributed by atoms with van der Waals surface area (Å²) in [7, 11) is 0. The number of hydrogen-bond donors (Lipinski definition) is 2. The standard InChI is InChI=1S/C19H26N4O/c1-2-15-6-8-16(9-7-15)12-20-18-11-19(22-14-21-18)23-10-4-3-5-17(23)13-24/h6-9,11,14,17,24H,2-5,10,12-13H2,1H3,(H,20,21,22). The first-order valence-electron chi connectivity index (χ1n) is 8.81. The van der Waals surface area contributed by atoms with Gasteiger partial charge in [0.2, 0.25) is 0 Å². The molecular formula is C19H26N4O. The summed E-state index contributed by atoms with van der Waals surface area (Å²) >= 11 is 0. The number of anilines is 2. The van der Waals surface area contributed by atoms with E-state index in [4.69, 9.17) is 0 Å². The second kappa shape index (κ2) is 8.11. The van der Waals surface area contributed by atoms with Crippen LogP contribution in [0.4, 0.5) is 11.6 Å². The van der Waals surface area contributed by atoms with E-state index < -0.39 is 0 Å². The summed E-state index contributed by atoms with van der Waals surface area (Å²) < 4.78 is 0. The Balaban J connectivity index is 1.66. The van der Waals surface area contributed by atoms with Gasteiger partial charge >= 0.3 is 0 Å². The average molecular weight is 326 g/mol. The van der Waals surface area contributed by atoms with Crippen LogP contribution in [0.25, 0.3) is 0 Å². The average Bonchev–Trinajstić information content (AvgIpc) is 2.67. The summed E-state index contributed by atoms with van der Waals surface area (Å²) in [5.74, 6) is 1.72. The molecule has 1 saturated heterocycles. The Kier molecular flexibility index (Phi) is 5.64. The van der Waals surface area contributed by atoms with E-state index in [1.54, 1.807) is 6.33 Å². The van der Waals surface area contributed by atoms with Crippen molar-refractivity contribution in [1.29, 1.82) is 0 Å². The van der Waals surface area contributed by atoms with Gasteiger partial charge in [0.15, 0.2) is 0 Å². The number of rotatable bonds is 6. The minimum absolute atomic E-state index is 0.170. The van der Waals surface area contributed by atoms with Gasteiger partial charge in [-0.25, -0.2) is 9.97 Å². The van der Waals surface area contributed by atoms with Crippen LogP contribution in [0.5, 0.6) is 0 Å². The number of aromatic nitrogens is 2. The molecule has 1 fully saturated rings. The lowest BCUT2D eigenvalue weighted by Crippen LogP contribution is -2.42. The van der Waals surface area contributed by atoms with Gasteiger partial charge in [0.1, 0.15) is 18.0 Å². The van der Waals surface area contributed by atoms with Crippen LogP contribution in [0, 0.1) is 0 Å². The lowest BCUT2D eigenvalue weighted by Gasteiger charge is -2.35. The van der Waals surface area contributed by atoms with Gasteiger partial charge in [0, 0.05) is 19.2 Å². The Morgan fingerprint density at radius 3 is 2.71 bits per heavy atom. The van der Waals surface area contributed by atoms with Crippen molar-refractivity contribution in [3.8, 4) is 0 Å². The molecule has 2 N–H and O–H groups in total. The second-order valence-corrected chi connectivity index (χ2v) is 6.31. The Labute approximate surface area is 143 Å². The molecule has 1 aromatic carbocycles. The van der Waals surface area contributed by atoms with Gasteiger partial charge in [-0.3, -0.25) is 0 Å². The summed E-state index contributed by atoms with van der Waals surface area (Å²) in [6.45, 7) is 4.02. The molecule has 5 heteroatoms. The molecule has 0 spiro atoms. The lowest BCUT2D eigenvalue weighted by atomic mass is 10.0. The van der Waals surface area contributed by atoms with Crippen molar-refractivity contribution >= 4 is 11.6 Å². The SMILES string of the molecule is CCc1ccc(CNc2cc(N3CCCCC3CO)ncn2)cc1. The summed E-state index contributed by atoms with van der Waals surface area (Å²) in [6, 6.07) is 10.8. The molecule has 2 heterocycles. The highest BCUT2D eigenvalue weighted by Crippen LogP contribution is 2.24. The third-order valence-corrected chi connectivity index (χ3v) is 4.69. The molecule has 1 aliphatic heterocycles. The van der Waals surface area contributed by atoms with Crippen LogP contribution < -0.4 is 10.2 Å². The number of nitrogens with zero attached hydrogens (tertiary/aromatic N) is 3. The summed E-state index contributed by atoms with van der Waals surface area (Å²) in [4.78, 5) is 10.9. The van der Waals surface area contributed by atoms with Crippen molar-refractivity contribution in [3.05, 3.63) is 47.8 Å². The zero-order chi connectivity index (χ0) is 16.8. The maximum Gasteiger partial charge on any atom is 0.134 e. The summed E-state index contributed by atoms with van der Waals surface area (Å²) in [5, 5.41) is 13.0. The van der Waals surface area contributed by atoms with Gasteiger partial charge in [-0.05, 0) is 36.8 Å². The van der Waals surface area contributed by atoms with E-state index in [1.807, 2.05) is 6.07 Å². The van der Waals surface area contributed by atoms with Crippen molar-refractivity contribution in [2.24, 2.45) is 0 Å². The Morgan fingerprint density at radius 1 is 1.17 bits per heavy atom. The molecule has 5 nitrogen and oxygen atoms in total. The van der Waals surface area contributed by atoms with Crippen LogP contribution >= 0.6 is 0 Å². The largest absolute Gasteiger partial charge is 0.394 e. The molecule has 2 aromatic rings. The van der Waals surface area contributed by atoms with E-state index in [0.29, 0.717) is 0 Å². The third kappa shape index (κ3) is 4.03. The van der Waals surface area contributed by atoms with Crippen LogP contribution in [0.15, 0.2) is 36.7 Å². The Morgan fingerprint density at radius 2 is 1.96 bits per heavy atom. The van der Waals surface area contributed by atoms with Crippen LogP contribution in [-0.4, -0.2) is 34.3 Å². The minimum Gasteiger partial charge on any atom is -0.394 e. The molecule has 0 radical (unpaired) electrons. The molecule has 0 aliphatic carbocycles. The number of hydrogen-bond acceptors (Lipinski definition) is 5. The summed E-state index contributed by atoms with van der Waals surface area (Å²) in [6.07, 6.45) is 6.00. The normalized spacial score (nSPS) is 17.8. The van der Waals surface area contributed by atoms with Crippen molar-refractivity contribution in [2.75, 3.05) is 23.4 Å². The molecule has 128 valence electrons. The van der Waals surface area contributed by atoms with E-state index >= 15 is 0 Å². The number of aliphatic hydroxyl groups excluding tert-OH is 1. The van der Waals surface area contributed by atoms with E-state index in [-0.39, 0.29) is 12.6 Å². The molecule has 0 saturated carbocycles. The molecule has 1 aliphatic rings. The maximum absolute atomic E-state index is 9.59. The molecule has 3 rings (SSSR count). The van der Waals surface area contributed by atoms with Crippen molar-refractivity contribution in [1.82, 2.24) is 9.97 Å². The van der Waals surface area contributed by atoms with Gasteiger partial charge in [-0.1, -0.05) is 31.2 Å². The van der Waals surface area contributed by atoms with E-state index in [9.17, 15) is 5.11 Å². The number of aliphatic hydroxyl groups is 1. The smallest absolute Gasteiger partial charge is 0.134 e. The summed E-state index contributed by atoms with van der Waals surface area (Å²) in [5.41, 5.74) is 2.58. The van der Waals surface area contributed by atoms with Crippen molar-refractivity contribution in [2.45, 2.75) is 45.2 Å². The zero-order valence-electron chi connectivity index (χ0n) is 14.3. The highest BCUT2D eigenvalue weighted by molar-refractivity contribution is 5.49. The second-order valence-electron chi connectivity index (χ2n) is 6.31. The van der Waals surface area contributed by atoms with E-state index in [1.165, 1.54) is 17.5 Å². The fraction of sp³-hybridized carbons (Fsp3) is 0.474. The first-order chi connectivity index (χ1) is 11.8. The van der Waals surface area contributed by atoms with E-state index in [0.717, 1.165) is 44.0 Å². The number of piperidine rings is 1. The highest BCUT2D eigenvalue weighted by atomic mass is 16.3. The predicted molar refractivity (Wildman–Crippen MR) is 97.2 cm³/mol. The highest BCUT2D eigenvalue weighted by Gasteiger charge is 2.23. The monoisotopic (exact) mass is 326 g/mol. The van der Waals surface area contributed by atoms with E-state index in [2.05, 4.69) is 51.4 Å². The maximum atomic E-state index is 9.59. The van der Waals surface area contributed by atoms with Gasteiger partial charge in [0.05, 0.1) is 12.6 Å². The van der Waals surface area contributed by atoms with Crippen LogP contribution in [-0.2, 0) is 13.0 Å². The van der Waals surface area contributed by atoms with Gasteiger partial charge in [0.25, 0.3) is 0 Å². The predicted octanol–water partition coefficient (Wildman–Crippen LogP) is 3.00. The van der Waals surface area contributed by atoms with Crippen LogP contribution in [0.3, 0.4) is 0 Å². The first-order valence-corrected chi connectivity index (χ1v) is 8.81.